The SMILES string of the molecule is O=S(=O)(NCC1CCCCC1)c1cnn(CCCO)c1. The van der Waals surface area contributed by atoms with Crippen LogP contribution in [-0.2, 0) is 16.6 Å². The van der Waals surface area contributed by atoms with Crippen LogP contribution in [-0.4, -0.2) is 36.5 Å². The van der Waals surface area contributed by atoms with Crippen LogP contribution in [0.1, 0.15) is 38.5 Å². The molecule has 0 atom stereocenters. The van der Waals surface area contributed by atoms with Crippen LogP contribution in [0, 0.1) is 5.92 Å². The fraction of sp³-hybridized carbons (Fsp3) is 0.769. The summed E-state index contributed by atoms with van der Waals surface area (Å²) < 4.78 is 28.5. The van der Waals surface area contributed by atoms with Crippen molar-refractivity contribution in [3.05, 3.63) is 12.4 Å². The fourth-order valence-electron chi connectivity index (χ4n) is 2.54. The largest absolute Gasteiger partial charge is 0.396 e. The molecular weight excluding hydrogens is 278 g/mol. The van der Waals surface area contributed by atoms with E-state index < -0.39 is 10.0 Å². The topological polar surface area (TPSA) is 84.2 Å². The summed E-state index contributed by atoms with van der Waals surface area (Å²) in [5.41, 5.74) is 0. The first-order chi connectivity index (χ1) is 9.62. The lowest BCUT2D eigenvalue weighted by Gasteiger charge is -2.21. The van der Waals surface area contributed by atoms with Crippen LogP contribution in [0.4, 0.5) is 0 Å². The van der Waals surface area contributed by atoms with E-state index in [1.807, 2.05) is 0 Å². The summed E-state index contributed by atoms with van der Waals surface area (Å²) in [6, 6.07) is 0. The van der Waals surface area contributed by atoms with Gasteiger partial charge in [-0.05, 0) is 25.2 Å². The Morgan fingerprint density at radius 3 is 2.80 bits per heavy atom. The third-order valence-electron chi connectivity index (χ3n) is 3.75. The summed E-state index contributed by atoms with van der Waals surface area (Å²) >= 11 is 0. The summed E-state index contributed by atoms with van der Waals surface area (Å²) in [5.74, 6) is 0.461. The van der Waals surface area contributed by atoms with Gasteiger partial charge in [-0.3, -0.25) is 4.68 Å². The number of sulfonamides is 1. The molecule has 0 aliphatic heterocycles. The second kappa shape index (κ2) is 7.19. The van der Waals surface area contributed by atoms with E-state index in [4.69, 9.17) is 5.11 Å². The van der Waals surface area contributed by atoms with Gasteiger partial charge in [-0.1, -0.05) is 19.3 Å². The van der Waals surface area contributed by atoms with Crippen LogP contribution < -0.4 is 4.72 Å². The van der Waals surface area contributed by atoms with E-state index in [1.54, 1.807) is 4.68 Å². The summed E-state index contributed by atoms with van der Waals surface area (Å²) in [6.07, 6.45) is 9.32. The molecule has 2 rings (SSSR count). The maximum absolute atomic E-state index is 12.1. The molecule has 20 heavy (non-hydrogen) atoms. The second-order valence-corrected chi connectivity index (χ2v) is 7.14. The minimum absolute atomic E-state index is 0.0713. The first-order valence-electron chi connectivity index (χ1n) is 7.25. The van der Waals surface area contributed by atoms with Crippen molar-refractivity contribution in [1.82, 2.24) is 14.5 Å². The zero-order chi connectivity index (χ0) is 14.4. The van der Waals surface area contributed by atoms with Gasteiger partial charge in [-0.25, -0.2) is 13.1 Å². The normalized spacial score (nSPS) is 17.4. The number of rotatable bonds is 7. The molecule has 0 unspecified atom stereocenters. The van der Waals surface area contributed by atoms with E-state index in [9.17, 15) is 8.42 Å². The van der Waals surface area contributed by atoms with E-state index in [-0.39, 0.29) is 11.5 Å². The van der Waals surface area contributed by atoms with E-state index >= 15 is 0 Å². The Kier molecular flexibility index (Phi) is 5.56. The molecule has 1 aliphatic carbocycles. The molecule has 1 saturated carbocycles. The summed E-state index contributed by atoms with van der Waals surface area (Å²) in [4.78, 5) is 0.200. The maximum Gasteiger partial charge on any atom is 0.243 e. The third-order valence-corrected chi connectivity index (χ3v) is 5.13. The Morgan fingerprint density at radius 1 is 1.35 bits per heavy atom. The van der Waals surface area contributed by atoms with Crippen LogP contribution in [0.2, 0.25) is 0 Å². The monoisotopic (exact) mass is 301 g/mol. The molecule has 1 aromatic heterocycles. The van der Waals surface area contributed by atoms with Gasteiger partial charge in [0, 0.05) is 25.9 Å². The van der Waals surface area contributed by atoms with Crippen molar-refractivity contribution in [2.45, 2.75) is 50.0 Å². The van der Waals surface area contributed by atoms with Crippen molar-refractivity contribution >= 4 is 10.0 Å². The van der Waals surface area contributed by atoms with Crippen LogP contribution in [0.15, 0.2) is 17.3 Å². The van der Waals surface area contributed by atoms with Crippen molar-refractivity contribution in [2.75, 3.05) is 13.2 Å². The van der Waals surface area contributed by atoms with Crippen molar-refractivity contribution in [1.29, 1.82) is 0 Å². The number of aliphatic hydroxyl groups is 1. The minimum atomic E-state index is -3.46. The zero-order valence-corrected chi connectivity index (χ0v) is 12.5. The van der Waals surface area contributed by atoms with Gasteiger partial charge in [-0.2, -0.15) is 5.10 Å². The predicted molar refractivity (Wildman–Crippen MR) is 75.7 cm³/mol. The first kappa shape index (κ1) is 15.5. The highest BCUT2D eigenvalue weighted by Gasteiger charge is 2.20. The quantitative estimate of drug-likeness (QED) is 0.790. The van der Waals surface area contributed by atoms with E-state index in [2.05, 4.69) is 9.82 Å². The third kappa shape index (κ3) is 4.29. The van der Waals surface area contributed by atoms with E-state index in [0.29, 0.717) is 25.4 Å². The van der Waals surface area contributed by atoms with Gasteiger partial charge < -0.3 is 5.11 Å². The zero-order valence-electron chi connectivity index (χ0n) is 11.7. The molecule has 0 saturated heterocycles. The number of hydrogen-bond acceptors (Lipinski definition) is 4. The van der Waals surface area contributed by atoms with Crippen molar-refractivity contribution in [2.24, 2.45) is 5.92 Å². The lowest BCUT2D eigenvalue weighted by atomic mass is 9.90. The Morgan fingerprint density at radius 2 is 2.10 bits per heavy atom. The summed E-state index contributed by atoms with van der Waals surface area (Å²) in [7, 11) is -3.46. The molecule has 0 bridgehead atoms. The summed E-state index contributed by atoms with van der Waals surface area (Å²) in [5, 5.41) is 12.8. The number of hydrogen-bond donors (Lipinski definition) is 2. The van der Waals surface area contributed by atoms with Crippen molar-refractivity contribution in [3.8, 4) is 0 Å². The molecule has 0 spiro atoms. The van der Waals surface area contributed by atoms with Crippen LogP contribution in [0.5, 0.6) is 0 Å². The molecule has 0 aromatic carbocycles. The molecule has 1 fully saturated rings. The lowest BCUT2D eigenvalue weighted by molar-refractivity contribution is 0.277. The smallest absolute Gasteiger partial charge is 0.243 e. The van der Waals surface area contributed by atoms with Gasteiger partial charge in [0.25, 0.3) is 0 Å². The standard InChI is InChI=1S/C13H23N3O3S/c17-8-4-7-16-11-13(10-14-16)20(18,19)15-9-12-5-2-1-3-6-12/h10-12,15,17H,1-9H2. The minimum Gasteiger partial charge on any atom is -0.396 e. The Balaban J connectivity index is 1.90. The van der Waals surface area contributed by atoms with Crippen molar-refractivity contribution < 1.29 is 13.5 Å². The van der Waals surface area contributed by atoms with Crippen molar-refractivity contribution in [3.63, 3.8) is 0 Å². The fourth-order valence-corrected chi connectivity index (χ4v) is 3.61. The highest BCUT2D eigenvalue weighted by Crippen LogP contribution is 2.23. The summed E-state index contributed by atoms with van der Waals surface area (Å²) in [6.45, 7) is 1.11. The lowest BCUT2D eigenvalue weighted by Crippen LogP contribution is -2.30. The number of nitrogens with zero attached hydrogens (tertiary/aromatic N) is 2. The predicted octanol–water partition coefficient (Wildman–Crippen LogP) is 1.12. The van der Waals surface area contributed by atoms with E-state index in [0.717, 1.165) is 12.8 Å². The van der Waals surface area contributed by atoms with Gasteiger partial charge >= 0.3 is 0 Å². The van der Waals surface area contributed by atoms with Gasteiger partial charge in [0.15, 0.2) is 0 Å². The van der Waals surface area contributed by atoms with Gasteiger partial charge in [0.05, 0.1) is 6.20 Å². The van der Waals surface area contributed by atoms with Gasteiger partial charge in [0.1, 0.15) is 4.90 Å². The molecule has 6 nitrogen and oxygen atoms in total. The first-order valence-corrected chi connectivity index (χ1v) is 8.73. The molecule has 7 heteroatoms. The number of aliphatic hydroxyl groups excluding tert-OH is 1. The Bertz CT molecular complexity index is 507. The second-order valence-electron chi connectivity index (χ2n) is 5.37. The van der Waals surface area contributed by atoms with Gasteiger partial charge in [-0.15, -0.1) is 0 Å². The average molecular weight is 301 g/mol. The molecule has 1 aromatic rings. The van der Waals surface area contributed by atoms with Crippen LogP contribution >= 0.6 is 0 Å². The molecule has 114 valence electrons. The molecule has 2 N–H and O–H groups in total. The van der Waals surface area contributed by atoms with Crippen LogP contribution in [0.25, 0.3) is 0 Å². The number of nitrogens with one attached hydrogen (secondary N) is 1. The average Bonchev–Trinajstić information content (AvgIpc) is 2.94. The van der Waals surface area contributed by atoms with Gasteiger partial charge in [0.2, 0.25) is 10.0 Å². The Labute approximate surface area is 120 Å². The molecule has 0 radical (unpaired) electrons. The molecule has 0 amide bonds. The van der Waals surface area contributed by atoms with Crippen LogP contribution in [0.3, 0.4) is 0 Å². The Hall–Kier alpha value is -0.920. The number of aromatic nitrogens is 2. The molecular formula is C13H23N3O3S. The van der Waals surface area contributed by atoms with E-state index in [1.165, 1.54) is 31.7 Å². The highest BCUT2D eigenvalue weighted by atomic mass is 32.2. The molecule has 1 aliphatic rings. The highest BCUT2D eigenvalue weighted by molar-refractivity contribution is 7.89. The molecule has 1 heterocycles. The number of aryl methyl sites for hydroxylation is 1. The maximum atomic E-state index is 12.1.